The highest BCUT2D eigenvalue weighted by molar-refractivity contribution is 7.09. The summed E-state index contributed by atoms with van der Waals surface area (Å²) in [5.41, 5.74) is 4.44. The number of aldehydes is 1. The van der Waals surface area contributed by atoms with Gasteiger partial charge in [0.2, 0.25) is 0 Å². The Morgan fingerprint density at radius 1 is 0.951 bits per heavy atom. The van der Waals surface area contributed by atoms with Gasteiger partial charge in [-0.25, -0.2) is 4.98 Å². The van der Waals surface area contributed by atoms with Gasteiger partial charge in [0.25, 0.3) is 5.91 Å². The lowest BCUT2D eigenvalue weighted by Gasteiger charge is -2.08. The number of amides is 1. The van der Waals surface area contributed by atoms with Gasteiger partial charge in [-0.05, 0) is 76.8 Å². The van der Waals surface area contributed by atoms with Gasteiger partial charge in [-0.2, -0.15) is 0 Å². The Kier molecular flexibility index (Phi) is 15.9. The first-order valence-corrected chi connectivity index (χ1v) is 14.9. The van der Waals surface area contributed by atoms with Gasteiger partial charge in [0.05, 0.1) is 0 Å². The molecular formula is C32H38Cl2N4O2S. The predicted molar refractivity (Wildman–Crippen MR) is 172 cm³/mol. The minimum Gasteiger partial charge on any atom is -0.352 e. The summed E-state index contributed by atoms with van der Waals surface area (Å²) in [6.45, 7) is 7.02. The molecule has 4 rings (SSSR count). The van der Waals surface area contributed by atoms with E-state index in [0.29, 0.717) is 34.3 Å². The van der Waals surface area contributed by atoms with E-state index in [-0.39, 0.29) is 5.91 Å². The van der Waals surface area contributed by atoms with Crippen molar-refractivity contribution in [3.63, 3.8) is 0 Å². The average molecular weight is 614 g/mol. The minimum absolute atomic E-state index is 0.180. The molecule has 3 aromatic carbocycles. The molecule has 1 aromatic heterocycles. The number of nitrogens with one attached hydrogen (secondary N) is 2. The zero-order chi connectivity index (χ0) is 30.0. The number of aromatic nitrogens is 1. The van der Waals surface area contributed by atoms with Crippen molar-refractivity contribution in [3.05, 3.63) is 121 Å². The van der Waals surface area contributed by atoms with Gasteiger partial charge >= 0.3 is 0 Å². The van der Waals surface area contributed by atoms with Crippen LogP contribution >= 0.6 is 34.5 Å². The molecule has 6 nitrogen and oxygen atoms in total. The van der Waals surface area contributed by atoms with Crippen molar-refractivity contribution in [1.29, 1.82) is 0 Å². The molecule has 2 N–H and O–H groups in total. The number of rotatable bonds is 10. The van der Waals surface area contributed by atoms with Crippen LogP contribution in [0.25, 0.3) is 0 Å². The van der Waals surface area contributed by atoms with Crippen LogP contribution in [0.1, 0.15) is 49.0 Å². The van der Waals surface area contributed by atoms with Gasteiger partial charge in [0, 0.05) is 51.9 Å². The van der Waals surface area contributed by atoms with Crippen LogP contribution < -0.4 is 10.6 Å². The number of aryl methyl sites for hydroxylation is 2. The van der Waals surface area contributed by atoms with E-state index >= 15 is 0 Å². The van der Waals surface area contributed by atoms with E-state index in [2.05, 4.69) is 59.0 Å². The number of hydrogen-bond donors (Lipinski definition) is 2. The standard InChI is InChI=1S/C18H18Cl2N2O2.C7H12N2S.C7H8/c19-16-8-14(9-17(20)10-16)11-21-5-2-6-22-18(24)15-4-1-3-13(7-15)12-23;1-6-5-10-7(8-6)4-9(2)3;1-7-5-3-2-4-6-7/h1,3-4,7-10,12,21H,2,5-6,11H2,(H,22,24);5H,4H2,1-3H3;2-6H,1H3. The van der Waals surface area contributed by atoms with Crippen LogP contribution in [-0.2, 0) is 13.1 Å². The molecule has 0 spiro atoms. The number of halogens is 2. The second-order valence-electron chi connectivity index (χ2n) is 9.58. The van der Waals surface area contributed by atoms with Gasteiger partial charge < -0.3 is 15.5 Å². The lowest BCUT2D eigenvalue weighted by molar-refractivity contribution is 0.0953. The van der Waals surface area contributed by atoms with Crippen molar-refractivity contribution < 1.29 is 9.59 Å². The van der Waals surface area contributed by atoms with Gasteiger partial charge in [-0.1, -0.05) is 71.2 Å². The maximum absolute atomic E-state index is 12.0. The number of nitrogens with zero attached hydrogens (tertiary/aromatic N) is 2. The molecule has 0 saturated carbocycles. The fourth-order valence-electron chi connectivity index (χ4n) is 3.50. The predicted octanol–water partition coefficient (Wildman–Crippen LogP) is 7.22. The van der Waals surface area contributed by atoms with Crippen LogP contribution in [-0.4, -0.2) is 49.3 Å². The van der Waals surface area contributed by atoms with E-state index in [1.165, 1.54) is 10.6 Å². The number of hydrogen-bond acceptors (Lipinski definition) is 6. The van der Waals surface area contributed by atoms with Crippen LogP contribution in [0.3, 0.4) is 0 Å². The van der Waals surface area contributed by atoms with Crippen molar-refractivity contribution in [2.75, 3.05) is 27.2 Å². The highest BCUT2D eigenvalue weighted by Gasteiger charge is 2.05. The topological polar surface area (TPSA) is 74.3 Å². The van der Waals surface area contributed by atoms with Crippen LogP contribution in [0.2, 0.25) is 10.0 Å². The Morgan fingerprint density at radius 3 is 2.22 bits per heavy atom. The van der Waals surface area contributed by atoms with E-state index in [9.17, 15) is 9.59 Å². The summed E-state index contributed by atoms with van der Waals surface area (Å²) in [6, 6.07) is 22.3. The Balaban J connectivity index is 0.000000280. The maximum Gasteiger partial charge on any atom is 0.251 e. The molecule has 0 atom stereocenters. The minimum atomic E-state index is -0.180. The van der Waals surface area contributed by atoms with Gasteiger partial charge in [-0.15, -0.1) is 11.3 Å². The Hall–Kier alpha value is -3.07. The normalized spacial score (nSPS) is 10.2. The molecular weight excluding hydrogens is 575 g/mol. The maximum atomic E-state index is 12.0. The van der Waals surface area contributed by atoms with Crippen molar-refractivity contribution in [2.45, 2.75) is 33.4 Å². The van der Waals surface area contributed by atoms with E-state index in [4.69, 9.17) is 23.2 Å². The second kappa shape index (κ2) is 19.1. The SMILES string of the molecule is Cc1ccccc1.Cc1csc(CN(C)C)n1.O=Cc1cccc(C(=O)NCCCNCc2cc(Cl)cc(Cl)c2)c1. The lowest BCUT2D eigenvalue weighted by atomic mass is 10.1. The quantitative estimate of drug-likeness (QED) is 0.146. The molecule has 0 fully saturated rings. The van der Waals surface area contributed by atoms with Crippen LogP contribution in [0.5, 0.6) is 0 Å². The van der Waals surface area contributed by atoms with Crippen LogP contribution in [0, 0.1) is 13.8 Å². The monoisotopic (exact) mass is 612 g/mol. The summed E-state index contributed by atoms with van der Waals surface area (Å²) in [5, 5.41) is 10.6. The van der Waals surface area contributed by atoms with Gasteiger partial charge in [0.15, 0.2) is 0 Å². The van der Waals surface area contributed by atoms with Crippen molar-refractivity contribution >= 4 is 46.7 Å². The van der Waals surface area contributed by atoms with Crippen LogP contribution in [0.15, 0.2) is 78.2 Å². The first-order chi connectivity index (χ1) is 19.7. The average Bonchev–Trinajstić information content (AvgIpc) is 3.34. The molecule has 1 amide bonds. The molecule has 4 aromatic rings. The first kappa shape index (κ1) is 34.1. The second-order valence-corrected chi connectivity index (χ2v) is 11.4. The number of thiazole rings is 1. The van der Waals surface area contributed by atoms with Crippen molar-refractivity contribution in [2.24, 2.45) is 0 Å². The smallest absolute Gasteiger partial charge is 0.251 e. The van der Waals surface area contributed by atoms with E-state index < -0.39 is 0 Å². The third kappa shape index (κ3) is 14.9. The van der Waals surface area contributed by atoms with E-state index in [1.54, 1.807) is 41.7 Å². The van der Waals surface area contributed by atoms with E-state index in [1.807, 2.05) is 37.3 Å². The summed E-state index contributed by atoms with van der Waals surface area (Å²) < 4.78 is 0. The summed E-state index contributed by atoms with van der Waals surface area (Å²) in [5.74, 6) is -0.180. The zero-order valence-corrected chi connectivity index (χ0v) is 26.3. The Bertz CT molecular complexity index is 1330. The van der Waals surface area contributed by atoms with Gasteiger partial charge in [-0.3, -0.25) is 9.59 Å². The molecule has 0 saturated heterocycles. The first-order valence-electron chi connectivity index (χ1n) is 13.2. The molecule has 0 aliphatic heterocycles. The molecule has 0 unspecified atom stereocenters. The van der Waals surface area contributed by atoms with E-state index in [0.717, 1.165) is 37.1 Å². The highest BCUT2D eigenvalue weighted by atomic mass is 35.5. The molecule has 0 radical (unpaired) electrons. The summed E-state index contributed by atoms with van der Waals surface area (Å²) >= 11 is 13.6. The Labute approximate surface area is 257 Å². The fourth-order valence-corrected chi connectivity index (χ4v) is 4.96. The molecule has 218 valence electrons. The van der Waals surface area contributed by atoms with Gasteiger partial charge in [0.1, 0.15) is 11.3 Å². The van der Waals surface area contributed by atoms with Crippen molar-refractivity contribution in [3.8, 4) is 0 Å². The molecule has 9 heteroatoms. The summed E-state index contributed by atoms with van der Waals surface area (Å²) in [4.78, 5) is 29.1. The molecule has 1 heterocycles. The molecule has 41 heavy (non-hydrogen) atoms. The largest absolute Gasteiger partial charge is 0.352 e. The third-order valence-corrected chi connectivity index (χ3v) is 6.80. The number of carbonyl (C=O) groups is 2. The molecule has 0 bridgehead atoms. The number of carbonyl (C=O) groups excluding carboxylic acids is 2. The highest BCUT2D eigenvalue weighted by Crippen LogP contribution is 2.18. The Morgan fingerprint density at radius 2 is 1.66 bits per heavy atom. The molecule has 0 aliphatic rings. The summed E-state index contributed by atoms with van der Waals surface area (Å²) in [6.07, 6.45) is 1.51. The number of benzene rings is 3. The van der Waals surface area contributed by atoms with Crippen molar-refractivity contribution in [1.82, 2.24) is 20.5 Å². The lowest BCUT2D eigenvalue weighted by Crippen LogP contribution is -2.27. The zero-order valence-electron chi connectivity index (χ0n) is 24.0. The summed E-state index contributed by atoms with van der Waals surface area (Å²) in [7, 11) is 4.10. The fraction of sp³-hybridized carbons (Fsp3) is 0.281. The molecule has 0 aliphatic carbocycles. The van der Waals surface area contributed by atoms with Crippen LogP contribution in [0.4, 0.5) is 0 Å². The third-order valence-electron chi connectivity index (χ3n) is 5.41.